The summed E-state index contributed by atoms with van der Waals surface area (Å²) in [6.07, 6.45) is 1.68. The first-order chi connectivity index (χ1) is 12.6. The third-order valence-corrected chi connectivity index (χ3v) is 4.54. The maximum absolute atomic E-state index is 9.52. The van der Waals surface area contributed by atoms with Crippen molar-refractivity contribution in [1.82, 2.24) is 9.97 Å². The fourth-order valence-corrected chi connectivity index (χ4v) is 2.89. The lowest BCUT2D eigenvalue weighted by Gasteiger charge is -2.00. The molecule has 0 amide bonds. The van der Waals surface area contributed by atoms with Gasteiger partial charge in [0, 0.05) is 16.7 Å². The largest absolute Gasteiger partial charge is 0.457 e. The van der Waals surface area contributed by atoms with Gasteiger partial charge in [-0.1, -0.05) is 35.9 Å². The van der Waals surface area contributed by atoms with Crippen molar-refractivity contribution in [3.8, 4) is 17.4 Å². The molecule has 0 aliphatic carbocycles. The first-order valence-corrected chi connectivity index (χ1v) is 8.45. The molecule has 0 fully saturated rings. The number of halogens is 2. The van der Waals surface area contributed by atoms with Crippen molar-refractivity contribution in [3.63, 3.8) is 0 Å². The second kappa shape index (κ2) is 7.71. The van der Waals surface area contributed by atoms with Gasteiger partial charge in [0.25, 0.3) is 0 Å². The Morgan fingerprint density at radius 3 is 2.74 bits per heavy atom. The van der Waals surface area contributed by atoms with E-state index in [9.17, 15) is 5.26 Å². The standard InChI is InChI=1S/C21H14ClN3O.ClH/c1-13-6-7-14(11-17(13)22)20-9-8-16(26-20)10-15(12-23)21-24-18-4-2-3-5-19(18)25-21;/h2-11H,1H3,(H,24,25);1H. The number of nitrogens with zero attached hydrogens (tertiary/aromatic N) is 2. The van der Waals surface area contributed by atoms with Gasteiger partial charge < -0.3 is 9.40 Å². The molecule has 0 aliphatic heterocycles. The zero-order chi connectivity index (χ0) is 18.1. The van der Waals surface area contributed by atoms with E-state index in [0.29, 0.717) is 27.9 Å². The van der Waals surface area contributed by atoms with Gasteiger partial charge in [0.1, 0.15) is 23.4 Å². The van der Waals surface area contributed by atoms with E-state index in [1.54, 1.807) is 6.08 Å². The molecule has 27 heavy (non-hydrogen) atoms. The molecule has 0 unspecified atom stereocenters. The second-order valence-electron chi connectivity index (χ2n) is 5.94. The summed E-state index contributed by atoms with van der Waals surface area (Å²) in [7, 11) is 0. The molecule has 4 aromatic rings. The summed E-state index contributed by atoms with van der Waals surface area (Å²) in [6.45, 7) is 1.95. The zero-order valence-electron chi connectivity index (χ0n) is 14.4. The fourth-order valence-electron chi connectivity index (χ4n) is 2.71. The highest BCUT2D eigenvalue weighted by molar-refractivity contribution is 6.31. The van der Waals surface area contributed by atoms with E-state index in [1.165, 1.54) is 0 Å². The minimum absolute atomic E-state index is 0. The normalized spacial score (nSPS) is 11.2. The van der Waals surface area contributed by atoms with Crippen molar-refractivity contribution in [2.75, 3.05) is 0 Å². The van der Waals surface area contributed by atoms with Crippen molar-refractivity contribution in [1.29, 1.82) is 5.26 Å². The zero-order valence-corrected chi connectivity index (χ0v) is 15.9. The molecule has 0 saturated heterocycles. The number of fused-ring (bicyclic) bond motifs is 1. The number of hydrogen-bond acceptors (Lipinski definition) is 3. The van der Waals surface area contributed by atoms with E-state index in [2.05, 4.69) is 16.0 Å². The maximum atomic E-state index is 9.52. The minimum Gasteiger partial charge on any atom is -0.457 e. The van der Waals surface area contributed by atoms with Crippen LogP contribution in [0.15, 0.2) is 59.0 Å². The molecule has 0 bridgehead atoms. The Morgan fingerprint density at radius 2 is 2.00 bits per heavy atom. The Labute approximate surface area is 167 Å². The Kier molecular flexibility index (Phi) is 5.36. The number of rotatable bonds is 3. The van der Waals surface area contributed by atoms with E-state index in [-0.39, 0.29) is 12.4 Å². The van der Waals surface area contributed by atoms with E-state index in [1.807, 2.05) is 61.5 Å². The average molecular weight is 396 g/mol. The van der Waals surface area contributed by atoms with Crippen LogP contribution in [-0.4, -0.2) is 9.97 Å². The van der Waals surface area contributed by atoms with Crippen LogP contribution in [0.25, 0.3) is 34.0 Å². The van der Waals surface area contributed by atoms with E-state index in [4.69, 9.17) is 16.0 Å². The number of para-hydroxylation sites is 2. The molecule has 0 saturated carbocycles. The van der Waals surface area contributed by atoms with Crippen LogP contribution in [0, 0.1) is 18.3 Å². The van der Waals surface area contributed by atoms with Crippen molar-refractivity contribution < 1.29 is 4.42 Å². The maximum Gasteiger partial charge on any atom is 0.149 e. The summed E-state index contributed by atoms with van der Waals surface area (Å²) in [5, 5.41) is 10.2. The van der Waals surface area contributed by atoms with Crippen LogP contribution in [0.4, 0.5) is 0 Å². The number of furan rings is 1. The molecule has 134 valence electrons. The van der Waals surface area contributed by atoms with Crippen LogP contribution in [0.1, 0.15) is 17.1 Å². The summed E-state index contributed by atoms with van der Waals surface area (Å²) in [4.78, 5) is 7.62. The number of allylic oxidation sites excluding steroid dienone is 1. The van der Waals surface area contributed by atoms with Gasteiger partial charge in [-0.2, -0.15) is 5.26 Å². The number of nitriles is 1. The van der Waals surface area contributed by atoms with E-state index >= 15 is 0 Å². The number of imidazole rings is 1. The van der Waals surface area contributed by atoms with Crippen LogP contribution in [0.5, 0.6) is 0 Å². The summed E-state index contributed by atoms with van der Waals surface area (Å²) < 4.78 is 5.86. The van der Waals surface area contributed by atoms with Crippen molar-refractivity contribution in [2.24, 2.45) is 0 Å². The number of H-pyrrole nitrogens is 1. The Bertz CT molecular complexity index is 1150. The van der Waals surface area contributed by atoms with Gasteiger partial charge >= 0.3 is 0 Å². The Hall–Kier alpha value is -3.00. The minimum atomic E-state index is 0. The average Bonchev–Trinajstić information content (AvgIpc) is 3.28. The summed E-state index contributed by atoms with van der Waals surface area (Å²) >= 11 is 6.19. The molecule has 0 radical (unpaired) electrons. The van der Waals surface area contributed by atoms with E-state index < -0.39 is 0 Å². The summed E-state index contributed by atoms with van der Waals surface area (Å²) in [5.41, 5.74) is 4.02. The van der Waals surface area contributed by atoms with Gasteiger partial charge in [0.15, 0.2) is 0 Å². The SMILES string of the molecule is Cc1ccc(-c2ccc(C=C(C#N)c3nc4ccccc4[nH]3)o2)cc1Cl.Cl. The fraction of sp³-hybridized carbons (Fsp3) is 0.0476. The van der Waals surface area contributed by atoms with Crippen LogP contribution in [0.2, 0.25) is 5.02 Å². The van der Waals surface area contributed by atoms with Crippen LogP contribution < -0.4 is 0 Å². The molecule has 4 nitrogen and oxygen atoms in total. The number of aromatic nitrogens is 2. The highest BCUT2D eigenvalue weighted by Crippen LogP contribution is 2.28. The lowest BCUT2D eigenvalue weighted by molar-refractivity contribution is 0.572. The lowest BCUT2D eigenvalue weighted by Crippen LogP contribution is -1.84. The van der Waals surface area contributed by atoms with Crippen LogP contribution in [-0.2, 0) is 0 Å². The summed E-state index contributed by atoms with van der Waals surface area (Å²) in [5.74, 6) is 1.79. The summed E-state index contributed by atoms with van der Waals surface area (Å²) in [6, 6.07) is 19.3. The van der Waals surface area contributed by atoms with Gasteiger partial charge in [0.05, 0.1) is 16.6 Å². The topological polar surface area (TPSA) is 65.6 Å². The number of benzene rings is 2. The number of aryl methyl sites for hydroxylation is 1. The molecular weight excluding hydrogens is 381 g/mol. The van der Waals surface area contributed by atoms with Gasteiger partial charge in [-0.05, 0) is 42.8 Å². The van der Waals surface area contributed by atoms with Crippen molar-refractivity contribution in [2.45, 2.75) is 6.92 Å². The third-order valence-electron chi connectivity index (χ3n) is 4.13. The third kappa shape index (κ3) is 3.75. The van der Waals surface area contributed by atoms with Crippen LogP contribution >= 0.6 is 24.0 Å². The molecule has 0 spiro atoms. The Balaban J connectivity index is 0.00000210. The lowest BCUT2D eigenvalue weighted by atomic mass is 10.1. The molecule has 6 heteroatoms. The molecule has 2 aromatic heterocycles. The molecule has 0 aliphatic rings. The van der Waals surface area contributed by atoms with Crippen molar-refractivity contribution in [3.05, 3.63) is 76.8 Å². The smallest absolute Gasteiger partial charge is 0.149 e. The van der Waals surface area contributed by atoms with Crippen molar-refractivity contribution >= 4 is 46.7 Å². The quantitative estimate of drug-likeness (QED) is 0.415. The molecule has 2 heterocycles. The number of aromatic amines is 1. The predicted octanol–water partition coefficient (Wildman–Crippen LogP) is 6.27. The molecule has 0 atom stereocenters. The predicted molar refractivity (Wildman–Crippen MR) is 111 cm³/mol. The number of hydrogen-bond donors (Lipinski definition) is 1. The molecule has 1 N–H and O–H groups in total. The van der Waals surface area contributed by atoms with E-state index in [0.717, 1.165) is 22.2 Å². The molecule has 4 rings (SSSR count). The Morgan fingerprint density at radius 1 is 1.19 bits per heavy atom. The number of nitrogens with one attached hydrogen (secondary N) is 1. The second-order valence-corrected chi connectivity index (χ2v) is 6.35. The first-order valence-electron chi connectivity index (χ1n) is 8.07. The highest BCUT2D eigenvalue weighted by Gasteiger charge is 2.10. The van der Waals surface area contributed by atoms with Gasteiger partial charge in [-0.3, -0.25) is 0 Å². The van der Waals surface area contributed by atoms with Gasteiger partial charge in [-0.25, -0.2) is 4.98 Å². The van der Waals surface area contributed by atoms with Gasteiger partial charge in [-0.15, -0.1) is 12.4 Å². The molecular formula is C21H15Cl2N3O. The highest BCUT2D eigenvalue weighted by atomic mass is 35.5. The monoisotopic (exact) mass is 395 g/mol. The first kappa shape index (κ1) is 18.8. The van der Waals surface area contributed by atoms with Crippen LogP contribution in [0.3, 0.4) is 0 Å². The van der Waals surface area contributed by atoms with Gasteiger partial charge in [0.2, 0.25) is 0 Å². The molecule has 2 aromatic carbocycles.